The van der Waals surface area contributed by atoms with E-state index in [1.54, 1.807) is 0 Å². The molecule has 0 saturated heterocycles. The molecule has 23 heavy (non-hydrogen) atoms. The highest BCUT2D eigenvalue weighted by molar-refractivity contribution is 9.10. The highest BCUT2D eigenvalue weighted by Crippen LogP contribution is 2.40. The second kappa shape index (κ2) is 5.28. The summed E-state index contributed by atoms with van der Waals surface area (Å²) in [5, 5.41) is 1.89. The average Bonchev–Trinajstić information content (AvgIpc) is 2.80. The molecule has 5 heteroatoms. The van der Waals surface area contributed by atoms with Gasteiger partial charge in [0.1, 0.15) is 0 Å². The van der Waals surface area contributed by atoms with E-state index >= 15 is 0 Å². The Morgan fingerprint density at radius 3 is 2.78 bits per heavy atom. The Balaban J connectivity index is 1.99. The molecular weight excluding hydrogens is 354 g/mol. The number of hydrogen-bond donors (Lipinski definition) is 0. The van der Waals surface area contributed by atoms with Gasteiger partial charge >= 0.3 is 0 Å². The zero-order chi connectivity index (χ0) is 16.1. The summed E-state index contributed by atoms with van der Waals surface area (Å²) >= 11 is 3.50. The van der Waals surface area contributed by atoms with Gasteiger partial charge in [-0.2, -0.15) is 0 Å². The number of halogens is 1. The number of amides is 1. The highest BCUT2D eigenvalue weighted by atomic mass is 79.9. The first-order valence-electron chi connectivity index (χ1n) is 7.55. The van der Waals surface area contributed by atoms with E-state index in [1.165, 1.54) is 0 Å². The van der Waals surface area contributed by atoms with Crippen LogP contribution in [0.3, 0.4) is 0 Å². The van der Waals surface area contributed by atoms with Crippen molar-refractivity contribution in [2.45, 2.75) is 0 Å². The Labute approximate surface area is 142 Å². The molecular formula is C18H16BrN3O. The van der Waals surface area contributed by atoms with Gasteiger partial charge in [-0.1, -0.05) is 22.0 Å². The van der Waals surface area contributed by atoms with Crippen molar-refractivity contribution < 1.29 is 4.79 Å². The minimum atomic E-state index is 0.0727. The van der Waals surface area contributed by atoms with Crippen LogP contribution in [0, 0.1) is 0 Å². The molecule has 0 radical (unpaired) electrons. The van der Waals surface area contributed by atoms with Crippen LogP contribution < -0.4 is 4.90 Å². The lowest BCUT2D eigenvalue weighted by atomic mass is 10.0. The van der Waals surface area contributed by atoms with Gasteiger partial charge in [0.15, 0.2) is 0 Å². The Bertz CT molecular complexity index is 952. The maximum atomic E-state index is 13.1. The van der Waals surface area contributed by atoms with E-state index in [9.17, 15) is 4.79 Å². The number of carbonyl (C=O) groups excluding carboxylic acids is 1. The highest BCUT2D eigenvalue weighted by Gasteiger charge is 2.32. The lowest BCUT2D eigenvalue weighted by Crippen LogP contribution is -2.34. The summed E-state index contributed by atoms with van der Waals surface area (Å²) < 4.78 is 0.958. The van der Waals surface area contributed by atoms with Gasteiger partial charge in [-0.05, 0) is 44.4 Å². The number of benzene rings is 2. The van der Waals surface area contributed by atoms with Crippen molar-refractivity contribution in [3.8, 4) is 0 Å². The molecule has 1 aliphatic rings. The first-order valence-corrected chi connectivity index (χ1v) is 8.34. The minimum absolute atomic E-state index is 0.0727. The number of aromatic nitrogens is 1. The molecule has 0 aliphatic carbocycles. The SMILES string of the molecule is CN(C)CCN1C(=O)c2c3cc(Br)ccc3nc3cccc1c23. The molecule has 1 aromatic heterocycles. The van der Waals surface area contributed by atoms with Gasteiger partial charge < -0.3 is 9.80 Å². The molecule has 0 atom stereocenters. The Hall–Kier alpha value is -1.98. The molecule has 1 amide bonds. The van der Waals surface area contributed by atoms with E-state index in [-0.39, 0.29) is 5.91 Å². The third-order valence-electron chi connectivity index (χ3n) is 4.26. The largest absolute Gasteiger partial charge is 0.308 e. The summed E-state index contributed by atoms with van der Waals surface area (Å²) in [5.74, 6) is 0.0727. The molecule has 0 saturated carbocycles. The summed E-state index contributed by atoms with van der Waals surface area (Å²) in [7, 11) is 4.03. The van der Waals surface area contributed by atoms with Crippen LogP contribution >= 0.6 is 15.9 Å². The van der Waals surface area contributed by atoms with Gasteiger partial charge in [0.25, 0.3) is 5.91 Å². The zero-order valence-corrected chi connectivity index (χ0v) is 14.6. The van der Waals surface area contributed by atoms with Crippen LogP contribution in [0.1, 0.15) is 10.4 Å². The second-order valence-electron chi connectivity index (χ2n) is 6.08. The van der Waals surface area contributed by atoms with Crippen molar-refractivity contribution in [2.24, 2.45) is 0 Å². The van der Waals surface area contributed by atoms with Crippen LogP contribution in [0.25, 0.3) is 21.8 Å². The molecule has 2 heterocycles. The Kier molecular flexibility index (Phi) is 3.36. The maximum Gasteiger partial charge on any atom is 0.259 e. The molecule has 0 unspecified atom stereocenters. The lowest BCUT2D eigenvalue weighted by Gasteiger charge is -2.20. The average molecular weight is 370 g/mol. The molecule has 0 bridgehead atoms. The molecule has 0 N–H and O–H groups in total. The first kappa shape index (κ1) is 14.6. The number of rotatable bonds is 3. The summed E-state index contributed by atoms with van der Waals surface area (Å²) in [6.45, 7) is 1.50. The fourth-order valence-corrected chi connectivity index (χ4v) is 3.52. The topological polar surface area (TPSA) is 36.4 Å². The van der Waals surface area contributed by atoms with Crippen LogP contribution in [-0.4, -0.2) is 43.0 Å². The number of likely N-dealkylation sites (N-methyl/N-ethyl adjacent to an activating group) is 1. The number of nitrogens with zero attached hydrogens (tertiary/aromatic N) is 3. The summed E-state index contributed by atoms with van der Waals surface area (Å²) in [4.78, 5) is 21.8. The van der Waals surface area contributed by atoms with Gasteiger partial charge in [-0.3, -0.25) is 4.79 Å². The van der Waals surface area contributed by atoms with Crippen molar-refractivity contribution in [2.75, 3.05) is 32.1 Å². The Morgan fingerprint density at radius 1 is 1.17 bits per heavy atom. The molecule has 0 fully saturated rings. The van der Waals surface area contributed by atoms with Gasteiger partial charge in [-0.15, -0.1) is 0 Å². The number of pyridine rings is 1. The predicted octanol–water partition coefficient (Wildman–Crippen LogP) is 3.67. The molecule has 1 aliphatic heterocycles. The third kappa shape index (κ3) is 2.23. The number of hydrogen-bond acceptors (Lipinski definition) is 3. The van der Waals surface area contributed by atoms with Gasteiger partial charge in [0, 0.05) is 28.3 Å². The van der Waals surface area contributed by atoms with Crippen molar-refractivity contribution in [1.29, 1.82) is 0 Å². The van der Waals surface area contributed by atoms with E-state index in [1.807, 2.05) is 55.4 Å². The standard InChI is InChI=1S/C18H16BrN3O/c1-21(2)8-9-22-15-5-3-4-14-17(15)16(18(22)23)12-10-11(19)6-7-13(12)20-14/h3-7,10H,8-9H2,1-2H3. The monoisotopic (exact) mass is 369 g/mol. The van der Waals surface area contributed by atoms with Crippen LogP contribution in [0.15, 0.2) is 40.9 Å². The van der Waals surface area contributed by atoms with E-state index in [0.29, 0.717) is 6.54 Å². The molecule has 0 spiro atoms. The molecule has 4 nitrogen and oxygen atoms in total. The van der Waals surface area contributed by atoms with Gasteiger partial charge in [-0.25, -0.2) is 4.98 Å². The summed E-state index contributed by atoms with van der Waals surface area (Å²) in [6.07, 6.45) is 0. The second-order valence-corrected chi connectivity index (χ2v) is 7.00. The fraction of sp³-hybridized carbons (Fsp3) is 0.222. The fourth-order valence-electron chi connectivity index (χ4n) is 3.16. The summed E-state index contributed by atoms with van der Waals surface area (Å²) in [6, 6.07) is 11.9. The number of anilines is 1. The smallest absolute Gasteiger partial charge is 0.259 e. The number of carbonyl (C=O) groups is 1. The van der Waals surface area contributed by atoms with Crippen LogP contribution in [0.4, 0.5) is 5.69 Å². The van der Waals surface area contributed by atoms with Crippen molar-refractivity contribution in [3.63, 3.8) is 0 Å². The van der Waals surface area contributed by atoms with Crippen molar-refractivity contribution in [3.05, 3.63) is 46.4 Å². The normalized spacial score (nSPS) is 13.7. The molecule has 2 aromatic carbocycles. The van der Waals surface area contributed by atoms with Gasteiger partial charge in [0.2, 0.25) is 0 Å². The van der Waals surface area contributed by atoms with Crippen LogP contribution in [-0.2, 0) is 0 Å². The predicted molar refractivity (Wildman–Crippen MR) is 97.2 cm³/mol. The summed E-state index contributed by atoms with van der Waals surface area (Å²) in [5.41, 5.74) is 3.49. The molecule has 4 rings (SSSR count). The maximum absolute atomic E-state index is 13.1. The quantitative estimate of drug-likeness (QED) is 0.660. The van der Waals surface area contributed by atoms with Crippen molar-refractivity contribution in [1.82, 2.24) is 9.88 Å². The Morgan fingerprint density at radius 2 is 2.00 bits per heavy atom. The number of fused-ring (bicyclic) bond motifs is 2. The zero-order valence-electron chi connectivity index (χ0n) is 13.0. The van der Waals surface area contributed by atoms with Crippen LogP contribution in [0.5, 0.6) is 0 Å². The first-order chi connectivity index (χ1) is 11.1. The van der Waals surface area contributed by atoms with E-state index in [2.05, 4.69) is 20.8 Å². The van der Waals surface area contributed by atoms with E-state index in [0.717, 1.165) is 44.1 Å². The van der Waals surface area contributed by atoms with Crippen LogP contribution in [0.2, 0.25) is 0 Å². The third-order valence-corrected chi connectivity index (χ3v) is 4.75. The van der Waals surface area contributed by atoms with E-state index in [4.69, 9.17) is 4.98 Å². The lowest BCUT2D eigenvalue weighted by molar-refractivity contribution is 0.0993. The van der Waals surface area contributed by atoms with E-state index < -0.39 is 0 Å². The minimum Gasteiger partial charge on any atom is -0.308 e. The van der Waals surface area contributed by atoms with Crippen molar-refractivity contribution >= 4 is 49.3 Å². The molecule has 116 valence electrons. The molecule has 3 aromatic rings. The van der Waals surface area contributed by atoms with Gasteiger partial charge in [0.05, 0.1) is 22.3 Å².